The van der Waals surface area contributed by atoms with Gasteiger partial charge in [-0.1, -0.05) is 0 Å². The maximum atomic E-state index is 12.5. The van der Waals surface area contributed by atoms with Crippen molar-refractivity contribution >= 4 is 34.2 Å². The zero-order valence-electron chi connectivity index (χ0n) is 4.17. The van der Waals surface area contributed by atoms with Gasteiger partial charge in [0.1, 0.15) is 0 Å². The Labute approximate surface area is 68.9 Å². The van der Waals surface area contributed by atoms with Crippen LogP contribution in [0.1, 0.15) is 6.42 Å². The molecule has 1 rings (SSSR count). The highest BCUT2D eigenvalue weighted by Crippen LogP contribution is 2.56. The van der Waals surface area contributed by atoms with Gasteiger partial charge in [-0.15, -0.1) is 11.6 Å². The van der Waals surface area contributed by atoms with E-state index in [1.54, 1.807) is 0 Å². The summed E-state index contributed by atoms with van der Waals surface area (Å²) in [5, 5.41) is -1.03. The molecule has 1 aliphatic rings. The molecule has 0 radical (unpaired) electrons. The van der Waals surface area contributed by atoms with E-state index in [2.05, 4.69) is 0 Å². The molecule has 9 heavy (non-hydrogen) atoms. The molecule has 0 saturated heterocycles. The zero-order chi connectivity index (χ0) is 7.28. The fraction of sp³-hybridized carbons (Fsp3) is 1.00. The lowest BCUT2D eigenvalue weighted by Gasteiger charge is -2.42. The maximum absolute atomic E-state index is 12.5. The fourth-order valence-corrected chi connectivity index (χ4v) is 1.38. The predicted octanol–water partition coefficient (Wildman–Crippen LogP) is 2.73. The summed E-state index contributed by atoms with van der Waals surface area (Å²) in [5.41, 5.74) is 0. The summed E-state index contributed by atoms with van der Waals surface area (Å²) in [6.45, 7) is 0. The summed E-state index contributed by atoms with van der Waals surface area (Å²) in [6, 6.07) is 0. The SMILES string of the molecule is FC1(F)C[C@@H](Cl)[C@@]1(F)I. The first-order valence-corrected chi connectivity index (χ1v) is 3.79. The van der Waals surface area contributed by atoms with Crippen molar-refractivity contribution in [2.75, 3.05) is 0 Å². The highest BCUT2D eigenvalue weighted by atomic mass is 127. The lowest BCUT2D eigenvalue weighted by molar-refractivity contribution is -0.148. The van der Waals surface area contributed by atoms with Gasteiger partial charge in [0.15, 0.2) is 0 Å². The van der Waals surface area contributed by atoms with Crippen molar-refractivity contribution in [1.82, 2.24) is 0 Å². The van der Waals surface area contributed by atoms with E-state index in [1.807, 2.05) is 0 Å². The van der Waals surface area contributed by atoms with Gasteiger partial charge in [0.05, 0.1) is 5.38 Å². The molecule has 2 atom stereocenters. The number of alkyl halides is 5. The van der Waals surface area contributed by atoms with Crippen LogP contribution in [0.2, 0.25) is 0 Å². The Morgan fingerprint density at radius 3 is 1.89 bits per heavy atom. The standard InChI is InChI=1S/C4H3ClF3I/c5-2-1-3(6,7)4(2,8)9/h2H,1H2/t2-,4-/m1/s1. The lowest BCUT2D eigenvalue weighted by atomic mass is 9.91. The molecule has 5 heteroatoms. The first-order chi connectivity index (χ1) is 3.88. The highest BCUT2D eigenvalue weighted by molar-refractivity contribution is 14.1. The molecule has 0 aromatic rings. The molecule has 1 aliphatic carbocycles. The van der Waals surface area contributed by atoms with Crippen LogP contribution in [0, 0.1) is 0 Å². The van der Waals surface area contributed by atoms with E-state index in [0.29, 0.717) is 0 Å². The molecular formula is C4H3ClF3I. The minimum Gasteiger partial charge on any atom is -0.224 e. The Balaban J connectivity index is 2.70. The zero-order valence-corrected chi connectivity index (χ0v) is 7.09. The van der Waals surface area contributed by atoms with Gasteiger partial charge in [0.2, 0.25) is 3.68 Å². The quantitative estimate of drug-likeness (QED) is 0.469. The number of hydrogen-bond acceptors (Lipinski definition) is 0. The third-order valence-corrected chi connectivity index (χ3v) is 3.68. The number of halogens is 5. The summed E-state index contributed by atoms with van der Waals surface area (Å²) in [6.07, 6.45) is -0.548. The Morgan fingerprint density at radius 2 is 1.89 bits per heavy atom. The van der Waals surface area contributed by atoms with Crippen LogP contribution >= 0.6 is 34.2 Å². The Morgan fingerprint density at radius 1 is 1.44 bits per heavy atom. The molecule has 0 aliphatic heterocycles. The monoisotopic (exact) mass is 270 g/mol. The van der Waals surface area contributed by atoms with Gasteiger partial charge in [0.25, 0.3) is 5.92 Å². The van der Waals surface area contributed by atoms with Gasteiger partial charge in [-0.3, -0.25) is 0 Å². The molecule has 0 nitrogen and oxygen atoms in total. The van der Waals surface area contributed by atoms with Gasteiger partial charge < -0.3 is 0 Å². The van der Waals surface area contributed by atoms with Crippen LogP contribution in [-0.4, -0.2) is 15.0 Å². The largest absolute Gasteiger partial charge is 0.293 e. The van der Waals surface area contributed by atoms with Crippen LogP contribution in [0.5, 0.6) is 0 Å². The van der Waals surface area contributed by atoms with Crippen molar-refractivity contribution < 1.29 is 13.2 Å². The number of rotatable bonds is 0. The lowest BCUT2D eigenvalue weighted by Crippen LogP contribution is -2.58. The van der Waals surface area contributed by atoms with E-state index >= 15 is 0 Å². The summed E-state index contributed by atoms with van der Waals surface area (Å²) in [7, 11) is 0. The summed E-state index contributed by atoms with van der Waals surface area (Å²) < 4.78 is 34.2. The van der Waals surface area contributed by atoms with Crippen molar-refractivity contribution in [1.29, 1.82) is 0 Å². The van der Waals surface area contributed by atoms with E-state index in [-0.39, 0.29) is 0 Å². The van der Waals surface area contributed by atoms with Crippen molar-refractivity contribution in [2.24, 2.45) is 0 Å². The van der Waals surface area contributed by atoms with Crippen LogP contribution in [0.4, 0.5) is 13.2 Å². The van der Waals surface area contributed by atoms with Crippen molar-refractivity contribution in [3.63, 3.8) is 0 Å². The van der Waals surface area contributed by atoms with Crippen LogP contribution in [-0.2, 0) is 0 Å². The fourth-order valence-electron chi connectivity index (χ4n) is 0.587. The van der Waals surface area contributed by atoms with Gasteiger partial charge in [-0.05, 0) is 22.6 Å². The van der Waals surface area contributed by atoms with E-state index in [4.69, 9.17) is 11.6 Å². The molecular weight excluding hydrogens is 267 g/mol. The first kappa shape index (κ1) is 7.91. The van der Waals surface area contributed by atoms with E-state index in [9.17, 15) is 13.2 Å². The molecule has 0 N–H and O–H groups in total. The molecule has 54 valence electrons. The summed E-state index contributed by atoms with van der Waals surface area (Å²) in [5.74, 6) is -3.22. The van der Waals surface area contributed by atoms with Gasteiger partial charge in [-0.2, -0.15) is 0 Å². The molecule has 0 spiro atoms. The third-order valence-electron chi connectivity index (χ3n) is 1.32. The predicted molar refractivity (Wildman–Crippen MR) is 37.1 cm³/mol. The minimum atomic E-state index is -3.22. The minimum absolute atomic E-state index is 0.548. The first-order valence-electron chi connectivity index (χ1n) is 2.27. The van der Waals surface area contributed by atoms with Crippen LogP contribution < -0.4 is 0 Å². The Kier molecular flexibility index (Phi) is 1.67. The topological polar surface area (TPSA) is 0 Å². The van der Waals surface area contributed by atoms with Gasteiger partial charge in [-0.25, -0.2) is 13.2 Å². The second-order valence-corrected chi connectivity index (χ2v) is 4.10. The highest BCUT2D eigenvalue weighted by Gasteiger charge is 2.68. The number of hydrogen-bond donors (Lipinski definition) is 0. The molecule has 0 amide bonds. The molecule has 0 aromatic carbocycles. The van der Waals surface area contributed by atoms with E-state index in [1.165, 1.54) is 0 Å². The summed E-state index contributed by atoms with van der Waals surface area (Å²) in [4.78, 5) is 0. The Bertz CT molecular complexity index is 136. The molecule has 1 fully saturated rings. The molecule has 0 heterocycles. The van der Waals surface area contributed by atoms with Crippen molar-refractivity contribution in [3.8, 4) is 0 Å². The van der Waals surface area contributed by atoms with E-state index in [0.717, 1.165) is 22.6 Å². The normalized spacial score (nSPS) is 48.3. The van der Waals surface area contributed by atoms with E-state index < -0.39 is 21.4 Å². The molecule has 0 bridgehead atoms. The summed E-state index contributed by atoms with van der Waals surface area (Å²) >= 11 is 6.21. The maximum Gasteiger partial charge on any atom is 0.293 e. The smallest absolute Gasteiger partial charge is 0.224 e. The average molecular weight is 270 g/mol. The molecule has 0 aromatic heterocycles. The third kappa shape index (κ3) is 0.943. The average Bonchev–Trinajstić information content (AvgIpc) is 1.65. The van der Waals surface area contributed by atoms with Crippen LogP contribution in [0.3, 0.4) is 0 Å². The molecule has 0 unspecified atom stereocenters. The van der Waals surface area contributed by atoms with Crippen molar-refractivity contribution in [3.05, 3.63) is 0 Å². The molecule has 1 saturated carbocycles. The second-order valence-electron chi connectivity index (χ2n) is 2.00. The van der Waals surface area contributed by atoms with Gasteiger partial charge >= 0.3 is 0 Å². The van der Waals surface area contributed by atoms with Crippen LogP contribution in [0.15, 0.2) is 0 Å². The second kappa shape index (κ2) is 1.90. The van der Waals surface area contributed by atoms with Crippen LogP contribution in [0.25, 0.3) is 0 Å². The van der Waals surface area contributed by atoms with Gasteiger partial charge in [0, 0.05) is 6.42 Å². The Hall–Kier alpha value is 0.810. The van der Waals surface area contributed by atoms with Crippen molar-refractivity contribution in [2.45, 2.75) is 21.4 Å².